The smallest absolute Gasteiger partial charge is 0.235 e. The predicted molar refractivity (Wildman–Crippen MR) is 129 cm³/mol. The predicted octanol–water partition coefficient (Wildman–Crippen LogP) is 3.49. The van der Waals surface area contributed by atoms with Crippen LogP contribution >= 0.6 is 47.0 Å². The molecule has 1 fully saturated rings. The van der Waals surface area contributed by atoms with Gasteiger partial charge in [0.1, 0.15) is 0 Å². The molecule has 5 N–H and O–H groups in total. The van der Waals surface area contributed by atoms with Crippen LogP contribution in [0.15, 0.2) is 29.4 Å². The van der Waals surface area contributed by atoms with Crippen molar-refractivity contribution in [3.63, 3.8) is 0 Å². The highest BCUT2D eigenvalue weighted by atomic mass is 35.6. The maximum atomic E-state index is 13.5. The highest BCUT2D eigenvalue weighted by Gasteiger charge is 2.47. The molecule has 1 saturated heterocycles. The Balaban J connectivity index is 2.42. The van der Waals surface area contributed by atoms with Gasteiger partial charge in [-0.1, -0.05) is 59.4 Å². The molecule has 1 aliphatic heterocycles. The third-order valence-corrected chi connectivity index (χ3v) is 5.92. The number of nitrogens with one attached hydrogen (secondary N) is 3. The second kappa shape index (κ2) is 11.5. The van der Waals surface area contributed by atoms with E-state index in [2.05, 4.69) is 26.2 Å². The van der Waals surface area contributed by atoms with E-state index in [9.17, 15) is 4.79 Å². The summed E-state index contributed by atoms with van der Waals surface area (Å²) in [5, 5.41) is 7.30. The third kappa shape index (κ3) is 6.93. The van der Waals surface area contributed by atoms with Crippen molar-refractivity contribution < 1.29 is 4.79 Å². The van der Waals surface area contributed by atoms with Crippen LogP contribution in [0.4, 0.5) is 5.69 Å². The topological polar surface area (TPSA) is 94.8 Å². The lowest BCUT2D eigenvalue weighted by atomic mass is 9.91. The first kappa shape index (κ1) is 25.1. The van der Waals surface area contributed by atoms with Crippen LogP contribution in [0, 0.1) is 12.8 Å². The van der Waals surface area contributed by atoms with E-state index in [-0.39, 0.29) is 11.0 Å². The van der Waals surface area contributed by atoms with Crippen molar-refractivity contribution in [2.75, 3.05) is 18.4 Å². The first-order chi connectivity index (χ1) is 14.1. The molecule has 0 radical (unpaired) electrons. The number of rotatable bonds is 6. The summed E-state index contributed by atoms with van der Waals surface area (Å²) < 4.78 is -1.71. The van der Waals surface area contributed by atoms with Gasteiger partial charge >= 0.3 is 0 Å². The van der Waals surface area contributed by atoms with Crippen molar-refractivity contribution in [2.24, 2.45) is 16.9 Å². The van der Waals surface area contributed by atoms with Crippen molar-refractivity contribution in [3.05, 3.63) is 29.8 Å². The highest BCUT2D eigenvalue weighted by molar-refractivity contribution is 7.80. The van der Waals surface area contributed by atoms with E-state index in [1.807, 2.05) is 31.2 Å². The minimum Gasteiger partial charge on any atom is -0.325 e. The van der Waals surface area contributed by atoms with Gasteiger partial charge in [0.2, 0.25) is 14.8 Å². The zero-order valence-electron chi connectivity index (χ0n) is 16.9. The van der Waals surface area contributed by atoms with E-state index < -0.39 is 15.8 Å². The monoisotopic (exact) mass is 492 g/mol. The number of amides is 1. The molecule has 1 aromatic carbocycles. The molecule has 1 amide bonds. The van der Waals surface area contributed by atoms with E-state index in [1.165, 1.54) is 0 Å². The molecule has 2 rings (SSSR count). The quantitative estimate of drug-likeness (QED) is 0.159. The summed E-state index contributed by atoms with van der Waals surface area (Å²) >= 11 is 24.2. The van der Waals surface area contributed by atoms with Gasteiger partial charge in [0.25, 0.3) is 0 Å². The molecule has 0 spiro atoms. The maximum Gasteiger partial charge on any atom is 0.235 e. The molecule has 0 bridgehead atoms. The van der Waals surface area contributed by atoms with Crippen molar-refractivity contribution in [3.8, 4) is 0 Å². The van der Waals surface area contributed by atoms with Gasteiger partial charge < -0.3 is 5.32 Å². The molecule has 0 aliphatic carbocycles. The van der Waals surface area contributed by atoms with Crippen LogP contribution in [0.1, 0.15) is 31.7 Å². The number of carbonyl (C=O) groups is 1. The summed E-state index contributed by atoms with van der Waals surface area (Å²) in [4.78, 5) is 15.5. The Hall–Kier alpha value is -1.16. The molecule has 0 aromatic heterocycles. The summed E-state index contributed by atoms with van der Waals surface area (Å²) in [7, 11) is 0. The van der Waals surface area contributed by atoms with Gasteiger partial charge in [0.05, 0.1) is 12.0 Å². The van der Waals surface area contributed by atoms with E-state index in [0.717, 1.165) is 37.9 Å². The Morgan fingerprint density at radius 2 is 1.87 bits per heavy atom. The first-order valence-corrected chi connectivity index (χ1v) is 11.2. The summed E-state index contributed by atoms with van der Waals surface area (Å²) in [5.74, 6) is 4.12. The Bertz CT molecular complexity index is 780. The van der Waals surface area contributed by atoms with Crippen molar-refractivity contribution >= 4 is 69.4 Å². The van der Waals surface area contributed by atoms with Crippen LogP contribution in [0.3, 0.4) is 0 Å². The fraction of sp³-hybridized carbons (Fsp3) is 0.526. The van der Waals surface area contributed by atoms with E-state index >= 15 is 0 Å². The number of hydrazone groups is 1. The number of hydrogen-bond acceptors (Lipinski definition) is 5. The summed E-state index contributed by atoms with van der Waals surface area (Å²) in [6.45, 7) is 5.07. The Kier molecular flexibility index (Phi) is 9.59. The molecule has 1 heterocycles. The second-order valence-corrected chi connectivity index (χ2v) is 9.98. The maximum absolute atomic E-state index is 13.5. The number of anilines is 1. The third-order valence-electron chi connectivity index (χ3n) is 5.04. The number of halogens is 3. The fourth-order valence-electron chi connectivity index (χ4n) is 3.53. The average molecular weight is 494 g/mol. The van der Waals surface area contributed by atoms with E-state index in [1.54, 1.807) is 6.92 Å². The minimum absolute atomic E-state index is 0.107. The number of hydrazine groups is 1. The largest absolute Gasteiger partial charge is 0.325 e. The summed E-state index contributed by atoms with van der Waals surface area (Å²) in [6.07, 6.45) is 3.05. The highest BCUT2D eigenvalue weighted by Crippen LogP contribution is 2.39. The van der Waals surface area contributed by atoms with Crippen LogP contribution in [0.5, 0.6) is 0 Å². The number of thiocarbonyl (C=S) groups is 1. The number of piperidine rings is 1. The molecule has 11 heteroatoms. The SMILES string of the molecule is C/C(=N/NC(=S)NN)[C@@H](C(=O)Nc1ccccc1C)[C@@H](N1CCCCC1)C(Cl)(Cl)Cl. The number of nitrogens with zero attached hydrogens (tertiary/aromatic N) is 2. The van der Waals surface area contributed by atoms with Crippen LogP contribution in [0.25, 0.3) is 0 Å². The molecule has 0 saturated carbocycles. The number of likely N-dealkylation sites (tertiary alicyclic amines) is 1. The Morgan fingerprint density at radius 1 is 1.23 bits per heavy atom. The number of benzene rings is 1. The minimum atomic E-state index is -1.71. The fourth-order valence-corrected chi connectivity index (χ4v) is 4.37. The van der Waals surface area contributed by atoms with Crippen molar-refractivity contribution in [2.45, 2.75) is 42.9 Å². The van der Waals surface area contributed by atoms with Gasteiger partial charge in [-0.15, -0.1) is 0 Å². The standard InChI is InChI=1S/C19H27Cl3N6OS/c1-12-8-4-5-9-14(12)24-17(29)15(13(2)26-27-18(30)25-23)16(19(20,21)22)28-10-6-3-7-11-28/h4-5,8-9,15-16H,3,6-7,10-11,23H2,1-2H3,(H,24,29)(H2,25,27,30)/b26-13-/t15-,16-/m1/s1. The van der Waals surface area contributed by atoms with Crippen LogP contribution < -0.4 is 22.0 Å². The van der Waals surface area contributed by atoms with Gasteiger partial charge in [-0.05, 0) is 63.6 Å². The number of aryl methyl sites for hydroxylation is 1. The van der Waals surface area contributed by atoms with Gasteiger partial charge in [-0.2, -0.15) is 5.10 Å². The molecular formula is C19H27Cl3N6OS. The lowest BCUT2D eigenvalue weighted by Gasteiger charge is -2.42. The van der Waals surface area contributed by atoms with Gasteiger partial charge in [0.15, 0.2) is 0 Å². The molecule has 1 aliphatic rings. The summed E-state index contributed by atoms with van der Waals surface area (Å²) in [6, 6.07) is 6.78. The average Bonchev–Trinajstić information content (AvgIpc) is 2.71. The lowest BCUT2D eigenvalue weighted by molar-refractivity contribution is -0.119. The zero-order chi connectivity index (χ0) is 22.3. The first-order valence-electron chi connectivity index (χ1n) is 9.63. The molecule has 30 heavy (non-hydrogen) atoms. The zero-order valence-corrected chi connectivity index (χ0v) is 20.0. The van der Waals surface area contributed by atoms with Crippen LogP contribution in [-0.2, 0) is 4.79 Å². The summed E-state index contributed by atoms with van der Waals surface area (Å²) in [5.41, 5.74) is 6.92. The molecule has 2 atom stereocenters. The Morgan fingerprint density at radius 3 is 2.43 bits per heavy atom. The molecule has 166 valence electrons. The lowest BCUT2D eigenvalue weighted by Crippen LogP contribution is -2.56. The second-order valence-electron chi connectivity index (χ2n) is 7.20. The molecule has 1 aromatic rings. The number of nitrogens with two attached hydrogens (primary N) is 1. The van der Waals surface area contributed by atoms with Crippen molar-refractivity contribution in [1.82, 2.24) is 15.8 Å². The number of carbonyl (C=O) groups excluding carboxylic acids is 1. The van der Waals surface area contributed by atoms with Gasteiger partial charge in [0, 0.05) is 11.4 Å². The van der Waals surface area contributed by atoms with Crippen LogP contribution in [-0.4, -0.2) is 44.6 Å². The van der Waals surface area contributed by atoms with Gasteiger partial charge in [-0.25, -0.2) is 5.84 Å². The van der Waals surface area contributed by atoms with E-state index in [4.69, 9.17) is 52.9 Å². The van der Waals surface area contributed by atoms with Crippen molar-refractivity contribution in [1.29, 1.82) is 0 Å². The number of para-hydroxylation sites is 1. The molecule has 7 nitrogen and oxygen atoms in total. The van der Waals surface area contributed by atoms with E-state index in [0.29, 0.717) is 11.4 Å². The van der Waals surface area contributed by atoms with Crippen LogP contribution in [0.2, 0.25) is 0 Å². The molecule has 0 unspecified atom stereocenters. The number of alkyl halides is 3. The molecular weight excluding hydrogens is 467 g/mol. The van der Waals surface area contributed by atoms with Gasteiger partial charge in [-0.3, -0.25) is 20.5 Å². The Labute approximate surface area is 197 Å². The number of hydrogen-bond donors (Lipinski definition) is 4. The normalized spacial score (nSPS) is 17.7.